The molecule has 1 amide bonds. The molecule has 0 heterocycles. The highest BCUT2D eigenvalue weighted by molar-refractivity contribution is 5.89. The highest BCUT2D eigenvalue weighted by Crippen LogP contribution is 2.34. The van der Waals surface area contributed by atoms with Gasteiger partial charge in [0.05, 0.1) is 12.1 Å². The van der Waals surface area contributed by atoms with Crippen LogP contribution in [0.4, 0.5) is 0 Å². The second-order valence-corrected chi connectivity index (χ2v) is 4.86. The molecule has 2 N–H and O–H groups in total. The maximum absolute atomic E-state index is 12.3. The largest absolute Gasteiger partial charge is 0.383 e. The summed E-state index contributed by atoms with van der Waals surface area (Å²) >= 11 is 0. The van der Waals surface area contributed by atoms with Crippen molar-refractivity contribution in [3.63, 3.8) is 0 Å². The van der Waals surface area contributed by atoms with Crippen molar-refractivity contribution in [3.8, 4) is 0 Å². The Kier molecular flexibility index (Phi) is 3.99. The molecule has 4 nitrogen and oxygen atoms in total. The van der Waals surface area contributed by atoms with E-state index in [0.717, 1.165) is 18.4 Å². The predicted molar refractivity (Wildman–Crippen MR) is 69.9 cm³/mol. The third-order valence-corrected chi connectivity index (χ3v) is 3.28. The minimum Gasteiger partial charge on any atom is -0.383 e. The summed E-state index contributed by atoms with van der Waals surface area (Å²) in [6.07, 6.45) is 1.59. The minimum absolute atomic E-state index is 0.0448. The van der Waals surface area contributed by atoms with Crippen molar-refractivity contribution in [2.75, 3.05) is 20.3 Å². The summed E-state index contributed by atoms with van der Waals surface area (Å²) in [5.74, 6) is 0.0448. The van der Waals surface area contributed by atoms with Gasteiger partial charge in [-0.2, -0.15) is 0 Å². The molecule has 1 aliphatic rings. The highest BCUT2D eigenvalue weighted by Gasteiger charge is 2.48. The zero-order valence-corrected chi connectivity index (χ0v) is 10.8. The van der Waals surface area contributed by atoms with Gasteiger partial charge in [0, 0.05) is 20.2 Å². The molecule has 0 radical (unpaired) electrons. The fourth-order valence-corrected chi connectivity index (χ4v) is 1.92. The second-order valence-electron chi connectivity index (χ2n) is 4.86. The number of hydrogen-bond donors (Lipinski definition) is 1. The summed E-state index contributed by atoms with van der Waals surface area (Å²) in [5, 5.41) is 0. The van der Waals surface area contributed by atoms with Gasteiger partial charge < -0.3 is 15.4 Å². The van der Waals surface area contributed by atoms with Crippen LogP contribution in [0.25, 0.3) is 0 Å². The van der Waals surface area contributed by atoms with E-state index in [9.17, 15) is 4.79 Å². The van der Waals surface area contributed by atoms with Crippen molar-refractivity contribution in [3.05, 3.63) is 35.9 Å². The van der Waals surface area contributed by atoms with Gasteiger partial charge in [-0.15, -0.1) is 0 Å². The van der Waals surface area contributed by atoms with Crippen molar-refractivity contribution in [2.24, 2.45) is 5.73 Å². The quantitative estimate of drug-likeness (QED) is 0.821. The van der Waals surface area contributed by atoms with Crippen molar-refractivity contribution >= 4 is 5.91 Å². The SMILES string of the molecule is COCCN(Cc1ccccc1)C(=O)C1(N)CC1. The van der Waals surface area contributed by atoms with Crippen LogP contribution in [0.3, 0.4) is 0 Å². The van der Waals surface area contributed by atoms with Crippen LogP contribution in [0.5, 0.6) is 0 Å². The molecular formula is C14H20N2O2. The first-order valence-electron chi connectivity index (χ1n) is 6.27. The lowest BCUT2D eigenvalue weighted by Gasteiger charge is -2.25. The van der Waals surface area contributed by atoms with E-state index in [1.54, 1.807) is 12.0 Å². The van der Waals surface area contributed by atoms with E-state index in [-0.39, 0.29) is 5.91 Å². The Bertz CT molecular complexity index is 402. The molecule has 1 aromatic rings. The molecule has 98 valence electrons. The number of rotatable bonds is 6. The van der Waals surface area contributed by atoms with Crippen LogP contribution in [-0.4, -0.2) is 36.6 Å². The standard InChI is InChI=1S/C14H20N2O2/c1-18-10-9-16(13(17)14(15)7-8-14)11-12-5-3-2-4-6-12/h2-6H,7-11,15H2,1H3. The van der Waals surface area contributed by atoms with E-state index < -0.39 is 5.54 Å². The average molecular weight is 248 g/mol. The lowest BCUT2D eigenvalue weighted by molar-refractivity contribution is -0.134. The summed E-state index contributed by atoms with van der Waals surface area (Å²) in [6.45, 7) is 1.72. The van der Waals surface area contributed by atoms with Crippen LogP contribution < -0.4 is 5.73 Å². The van der Waals surface area contributed by atoms with Gasteiger partial charge in [-0.3, -0.25) is 4.79 Å². The molecule has 1 saturated carbocycles. The van der Waals surface area contributed by atoms with E-state index >= 15 is 0 Å². The smallest absolute Gasteiger partial charge is 0.243 e. The Balaban J connectivity index is 2.03. The Labute approximate surface area is 108 Å². The number of ether oxygens (including phenoxy) is 1. The molecule has 0 unspecified atom stereocenters. The average Bonchev–Trinajstić information content (AvgIpc) is 3.14. The van der Waals surface area contributed by atoms with Crippen LogP contribution >= 0.6 is 0 Å². The third kappa shape index (κ3) is 3.09. The number of nitrogens with two attached hydrogens (primary N) is 1. The first-order valence-corrected chi connectivity index (χ1v) is 6.27. The molecule has 1 aliphatic carbocycles. The number of carbonyl (C=O) groups excluding carboxylic acids is 1. The van der Waals surface area contributed by atoms with E-state index in [4.69, 9.17) is 10.5 Å². The molecule has 2 rings (SSSR count). The maximum atomic E-state index is 12.3. The Morgan fingerprint density at radius 2 is 2.06 bits per heavy atom. The van der Waals surface area contributed by atoms with E-state index in [2.05, 4.69) is 0 Å². The van der Waals surface area contributed by atoms with Crippen LogP contribution in [0.2, 0.25) is 0 Å². The molecular weight excluding hydrogens is 228 g/mol. The lowest BCUT2D eigenvalue weighted by Crippen LogP contribution is -2.46. The third-order valence-electron chi connectivity index (χ3n) is 3.28. The minimum atomic E-state index is -0.609. The summed E-state index contributed by atoms with van der Waals surface area (Å²) in [7, 11) is 1.64. The summed E-state index contributed by atoms with van der Waals surface area (Å²) in [4.78, 5) is 14.1. The van der Waals surface area contributed by atoms with E-state index in [1.165, 1.54) is 0 Å². The normalized spacial score (nSPS) is 16.3. The van der Waals surface area contributed by atoms with Gasteiger partial charge in [-0.05, 0) is 18.4 Å². The summed E-state index contributed by atoms with van der Waals surface area (Å²) in [6, 6.07) is 9.95. The maximum Gasteiger partial charge on any atom is 0.243 e. The number of amides is 1. The molecule has 0 spiro atoms. The van der Waals surface area contributed by atoms with Crippen LogP contribution in [-0.2, 0) is 16.1 Å². The first-order chi connectivity index (χ1) is 8.65. The zero-order valence-electron chi connectivity index (χ0n) is 10.8. The van der Waals surface area contributed by atoms with E-state index in [1.807, 2.05) is 30.3 Å². The Hall–Kier alpha value is -1.39. The van der Waals surface area contributed by atoms with Gasteiger partial charge in [0.1, 0.15) is 0 Å². The number of carbonyl (C=O) groups is 1. The highest BCUT2D eigenvalue weighted by atomic mass is 16.5. The molecule has 0 bridgehead atoms. The fraction of sp³-hybridized carbons (Fsp3) is 0.500. The fourth-order valence-electron chi connectivity index (χ4n) is 1.92. The van der Waals surface area contributed by atoms with Crippen LogP contribution in [0.1, 0.15) is 18.4 Å². The van der Waals surface area contributed by atoms with Gasteiger partial charge in [-0.1, -0.05) is 30.3 Å². The Morgan fingerprint density at radius 1 is 1.39 bits per heavy atom. The van der Waals surface area contributed by atoms with Crippen molar-refractivity contribution in [1.82, 2.24) is 4.90 Å². The zero-order chi connectivity index (χ0) is 13.0. The number of nitrogens with zero attached hydrogens (tertiary/aromatic N) is 1. The molecule has 1 aromatic carbocycles. The van der Waals surface area contributed by atoms with Crippen molar-refractivity contribution in [1.29, 1.82) is 0 Å². The van der Waals surface area contributed by atoms with Crippen LogP contribution in [0.15, 0.2) is 30.3 Å². The first kappa shape index (κ1) is 13.1. The van der Waals surface area contributed by atoms with Crippen molar-refractivity contribution < 1.29 is 9.53 Å². The molecule has 0 atom stereocenters. The topological polar surface area (TPSA) is 55.6 Å². The summed E-state index contributed by atoms with van der Waals surface area (Å²) in [5.41, 5.74) is 6.49. The summed E-state index contributed by atoms with van der Waals surface area (Å²) < 4.78 is 5.06. The van der Waals surface area contributed by atoms with Crippen LogP contribution in [0, 0.1) is 0 Å². The van der Waals surface area contributed by atoms with E-state index in [0.29, 0.717) is 19.7 Å². The monoisotopic (exact) mass is 248 g/mol. The second kappa shape index (κ2) is 5.50. The van der Waals surface area contributed by atoms with Crippen molar-refractivity contribution in [2.45, 2.75) is 24.9 Å². The molecule has 4 heteroatoms. The number of benzene rings is 1. The number of hydrogen-bond acceptors (Lipinski definition) is 3. The molecule has 0 saturated heterocycles. The van der Waals surface area contributed by atoms with Gasteiger partial charge >= 0.3 is 0 Å². The Morgan fingerprint density at radius 3 is 2.61 bits per heavy atom. The number of methoxy groups -OCH3 is 1. The van der Waals surface area contributed by atoms with Gasteiger partial charge in [0.15, 0.2) is 0 Å². The molecule has 0 aliphatic heterocycles. The van der Waals surface area contributed by atoms with Gasteiger partial charge in [0.25, 0.3) is 0 Å². The molecule has 0 aromatic heterocycles. The predicted octanol–water partition coefficient (Wildman–Crippen LogP) is 1.15. The molecule has 18 heavy (non-hydrogen) atoms. The van der Waals surface area contributed by atoms with Gasteiger partial charge in [0.2, 0.25) is 5.91 Å². The van der Waals surface area contributed by atoms with Gasteiger partial charge in [-0.25, -0.2) is 0 Å². The lowest BCUT2D eigenvalue weighted by atomic mass is 10.2. The molecule has 1 fully saturated rings.